The maximum absolute atomic E-state index is 11.4. The van der Waals surface area contributed by atoms with Crippen LogP contribution in [0.1, 0.15) is 38.0 Å². The van der Waals surface area contributed by atoms with Crippen molar-refractivity contribution < 1.29 is 34.3 Å². The zero-order chi connectivity index (χ0) is 29.6. The Bertz CT molecular complexity index is 1340. The van der Waals surface area contributed by atoms with Gasteiger partial charge in [0.15, 0.2) is 17.7 Å². The number of carbonyl (C=O) groups excluding carboxylic acids is 1. The van der Waals surface area contributed by atoms with Gasteiger partial charge < -0.3 is 45.5 Å². The van der Waals surface area contributed by atoms with E-state index in [0.29, 0.717) is 42.7 Å². The molecule has 6 N–H and O–H groups in total. The summed E-state index contributed by atoms with van der Waals surface area (Å²) in [4.78, 5) is 18.5. The van der Waals surface area contributed by atoms with Crippen molar-refractivity contribution in [2.45, 2.75) is 57.3 Å². The van der Waals surface area contributed by atoms with Gasteiger partial charge in [-0.05, 0) is 69.1 Å². The van der Waals surface area contributed by atoms with Crippen LogP contribution in [0.3, 0.4) is 0 Å². The zero-order valence-corrected chi connectivity index (χ0v) is 23.9. The van der Waals surface area contributed by atoms with E-state index in [1.54, 1.807) is 4.57 Å². The van der Waals surface area contributed by atoms with Crippen LogP contribution in [-0.2, 0) is 16.1 Å². The van der Waals surface area contributed by atoms with Gasteiger partial charge in [-0.25, -0.2) is 4.98 Å². The van der Waals surface area contributed by atoms with Crippen molar-refractivity contribution in [2.24, 2.45) is 11.7 Å². The average Bonchev–Trinajstić information content (AvgIpc) is 3.51. The molecule has 12 nitrogen and oxygen atoms in total. The molecule has 2 saturated heterocycles. The molecule has 0 bridgehead atoms. The quantitative estimate of drug-likeness (QED) is 0.187. The van der Waals surface area contributed by atoms with Crippen LogP contribution in [0.4, 0.5) is 5.95 Å². The minimum absolute atomic E-state index is 0.0150. The van der Waals surface area contributed by atoms with Crippen molar-refractivity contribution in [3.8, 4) is 11.5 Å². The van der Waals surface area contributed by atoms with Gasteiger partial charge in [0.25, 0.3) is 0 Å². The monoisotopic (exact) mass is 583 g/mol. The highest BCUT2D eigenvalue weighted by atomic mass is 16.6. The number of nitrogens with one attached hydrogen (secondary N) is 1. The standard InChI is InChI=1S/C30H41N5O7/c1-2-40-23-9-8-19(16-24(23)41-15-5-12-34-13-10-20(11-14-34)28(31)39)17-32-30-33-21-6-3-4-7-22(21)35(30)29-27(38)26(37)25(18-36)42-29/h3-4,6-9,16,20,25-27,29,36-38H,2,5,10-15,17-18H2,1H3,(H2,31,39)(H,32,33)/t25-,26-,27-,29-/m1/s1. The number of carbonyl (C=O) groups is 1. The summed E-state index contributed by atoms with van der Waals surface area (Å²) in [5, 5.41) is 34.0. The third-order valence-corrected chi connectivity index (χ3v) is 7.99. The molecule has 3 heterocycles. The zero-order valence-electron chi connectivity index (χ0n) is 23.9. The molecule has 0 unspecified atom stereocenters. The summed E-state index contributed by atoms with van der Waals surface area (Å²) < 4.78 is 19.5. The number of likely N-dealkylation sites (tertiary alicyclic amines) is 1. The van der Waals surface area contributed by atoms with Crippen LogP contribution in [0, 0.1) is 5.92 Å². The summed E-state index contributed by atoms with van der Waals surface area (Å²) in [5.74, 6) is 1.57. The SMILES string of the molecule is CCOc1ccc(CNc2nc3ccccc3n2[C@@H]2O[C@H](CO)[C@@H](O)[C@H]2O)cc1OCCCN1CCC(C(N)=O)CC1. The molecular weight excluding hydrogens is 542 g/mol. The summed E-state index contributed by atoms with van der Waals surface area (Å²) in [5.41, 5.74) is 7.81. The summed E-state index contributed by atoms with van der Waals surface area (Å²) in [6.45, 7) is 5.57. The van der Waals surface area contributed by atoms with Gasteiger partial charge in [0, 0.05) is 19.0 Å². The Morgan fingerprint density at radius 2 is 1.90 bits per heavy atom. The first-order valence-electron chi connectivity index (χ1n) is 14.6. The molecule has 12 heteroatoms. The number of hydrogen-bond acceptors (Lipinski definition) is 10. The van der Waals surface area contributed by atoms with E-state index in [1.807, 2.05) is 49.4 Å². The fourth-order valence-electron chi connectivity index (χ4n) is 5.66. The number of imidazole rings is 1. The first-order valence-corrected chi connectivity index (χ1v) is 14.6. The third kappa shape index (κ3) is 6.63. The Balaban J connectivity index is 1.25. The fraction of sp³-hybridized carbons (Fsp3) is 0.533. The summed E-state index contributed by atoms with van der Waals surface area (Å²) in [6.07, 6.45) is -1.82. The number of aromatic nitrogens is 2. The first-order chi connectivity index (χ1) is 20.4. The lowest BCUT2D eigenvalue weighted by molar-refractivity contribution is -0.123. The molecule has 2 fully saturated rings. The number of nitrogens with two attached hydrogens (primary N) is 1. The lowest BCUT2D eigenvalue weighted by Gasteiger charge is -2.30. The van der Waals surface area contributed by atoms with E-state index >= 15 is 0 Å². The van der Waals surface area contributed by atoms with Gasteiger partial charge in [-0.3, -0.25) is 9.36 Å². The lowest BCUT2D eigenvalue weighted by atomic mass is 9.96. The molecule has 0 saturated carbocycles. The highest BCUT2D eigenvalue weighted by Crippen LogP contribution is 2.35. The first kappa shape index (κ1) is 30.1. The Labute approximate surface area is 245 Å². The normalized spacial score (nSPS) is 23.3. The smallest absolute Gasteiger partial charge is 0.220 e. The molecule has 0 radical (unpaired) electrons. The minimum atomic E-state index is -1.24. The average molecular weight is 584 g/mol. The van der Waals surface area contributed by atoms with Gasteiger partial charge in [0.1, 0.15) is 18.3 Å². The number of hydrogen-bond donors (Lipinski definition) is 5. The second-order valence-corrected chi connectivity index (χ2v) is 10.8. The number of fused-ring (bicyclic) bond motifs is 1. The number of aliphatic hydroxyl groups excluding tert-OH is 3. The van der Waals surface area contributed by atoms with Crippen molar-refractivity contribution in [1.82, 2.24) is 14.5 Å². The van der Waals surface area contributed by atoms with Crippen LogP contribution < -0.4 is 20.5 Å². The number of para-hydroxylation sites is 2. The Morgan fingerprint density at radius 3 is 2.62 bits per heavy atom. The van der Waals surface area contributed by atoms with E-state index in [9.17, 15) is 20.1 Å². The van der Waals surface area contributed by atoms with Gasteiger partial charge >= 0.3 is 0 Å². The van der Waals surface area contributed by atoms with Crippen molar-refractivity contribution >= 4 is 22.9 Å². The van der Waals surface area contributed by atoms with E-state index < -0.39 is 31.1 Å². The molecule has 5 rings (SSSR count). The van der Waals surface area contributed by atoms with Crippen molar-refractivity contribution in [3.05, 3.63) is 48.0 Å². The molecule has 2 aromatic carbocycles. The molecule has 0 aliphatic carbocycles. The number of piperidine rings is 1. The van der Waals surface area contributed by atoms with Crippen LogP contribution in [0.2, 0.25) is 0 Å². The number of benzene rings is 2. The molecule has 228 valence electrons. The summed E-state index contributed by atoms with van der Waals surface area (Å²) in [6, 6.07) is 13.2. The van der Waals surface area contributed by atoms with Gasteiger partial charge in [0.05, 0.1) is 30.9 Å². The predicted molar refractivity (Wildman–Crippen MR) is 156 cm³/mol. The highest BCUT2D eigenvalue weighted by molar-refractivity contribution is 5.79. The molecule has 4 atom stereocenters. The van der Waals surface area contributed by atoms with Gasteiger partial charge in [-0.1, -0.05) is 18.2 Å². The summed E-state index contributed by atoms with van der Waals surface area (Å²) >= 11 is 0. The van der Waals surface area contributed by atoms with E-state index in [4.69, 9.17) is 24.9 Å². The lowest BCUT2D eigenvalue weighted by Crippen LogP contribution is -2.39. The van der Waals surface area contributed by atoms with Crippen molar-refractivity contribution in [2.75, 3.05) is 44.8 Å². The molecule has 0 spiro atoms. The van der Waals surface area contributed by atoms with Crippen LogP contribution in [0.5, 0.6) is 11.5 Å². The van der Waals surface area contributed by atoms with E-state index in [-0.39, 0.29) is 11.8 Å². The third-order valence-electron chi connectivity index (χ3n) is 7.99. The van der Waals surface area contributed by atoms with E-state index in [2.05, 4.69) is 10.2 Å². The van der Waals surface area contributed by atoms with Crippen LogP contribution in [0.25, 0.3) is 11.0 Å². The molecule has 2 aliphatic heterocycles. The van der Waals surface area contributed by atoms with E-state index in [0.717, 1.165) is 50.0 Å². The van der Waals surface area contributed by atoms with Gasteiger partial charge in [-0.15, -0.1) is 0 Å². The van der Waals surface area contributed by atoms with Crippen LogP contribution in [-0.4, -0.2) is 93.4 Å². The maximum atomic E-state index is 11.4. The Hall–Kier alpha value is -3.42. The second kappa shape index (κ2) is 13.7. The molecular formula is C30H41N5O7. The molecule has 2 aliphatic rings. The number of amides is 1. The van der Waals surface area contributed by atoms with Crippen molar-refractivity contribution in [1.29, 1.82) is 0 Å². The van der Waals surface area contributed by atoms with Gasteiger partial charge in [0.2, 0.25) is 11.9 Å². The van der Waals surface area contributed by atoms with Crippen LogP contribution in [0.15, 0.2) is 42.5 Å². The second-order valence-electron chi connectivity index (χ2n) is 10.8. The van der Waals surface area contributed by atoms with E-state index in [1.165, 1.54) is 0 Å². The molecule has 3 aromatic rings. The molecule has 1 amide bonds. The number of primary amides is 1. The maximum Gasteiger partial charge on any atom is 0.220 e. The Morgan fingerprint density at radius 1 is 1.12 bits per heavy atom. The minimum Gasteiger partial charge on any atom is -0.490 e. The fourth-order valence-corrected chi connectivity index (χ4v) is 5.66. The van der Waals surface area contributed by atoms with Crippen LogP contribution >= 0.6 is 0 Å². The summed E-state index contributed by atoms with van der Waals surface area (Å²) in [7, 11) is 0. The Kier molecular flexibility index (Phi) is 9.80. The largest absolute Gasteiger partial charge is 0.490 e. The molecule has 1 aromatic heterocycles. The number of rotatable bonds is 13. The number of ether oxygens (including phenoxy) is 3. The van der Waals surface area contributed by atoms with Crippen molar-refractivity contribution in [3.63, 3.8) is 0 Å². The highest BCUT2D eigenvalue weighted by Gasteiger charge is 2.44. The topological polar surface area (TPSA) is 165 Å². The van der Waals surface area contributed by atoms with Gasteiger partial charge in [-0.2, -0.15) is 0 Å². The number of anilines is 1. The number of nitrogens with zero attached hydrogens (tertiary/aromatic N) is 3. The number of aliphatic hydroxyl groups is 3. The molecule has 42 heavy (non-hydrogen) atoms. The predicted octanol–water partition coefficient (Wildman–Crippen LogP) is 1.62.